The van der Waals surface area contributed by atoms with E-state index in [4.69, 9.17) is 9.47 Å². The van der Waals surface area contributed by atoms with Crippen LogP contribution in [0.4, 0.5) is 0 Å². The van der Waals surface area contributed by atoms with E-state index in [-0.39, 0.29) is 11.9 Å². The molecule has 0 saturated carbocycles. The molecule has 0 aromatic carbocycles. The molecule has 0 N–H and O–H groups in total. The zero-order valence-corrected chi connectivity index (χ0v) is 7.84. The molecule has 3 nitrogen and oxygen atoms in total. The molecule has 15 heavy (non-hydrogen) atoms. The predicted octanol–water partition coefficient (Wildman–Crippen LogP) is 1.76. The second-order valence-electron chi connectivity index (χ2n) is 3.42. The summed E-state index contributed by atoms with van der Waals surface area (Å²) in [5.74, 6) is 0.742. The summed E-state index contributed by atoms with van der Waals surface area (Å²) >= 11 is 0. The van der Waals surface area contributed by atoms with E-state index in [0.717, 1.165) is 11.3 Å². The lowest BCUT2D eigenvalue weighted by molar-refractivity contribution is -0.113. The van der Waals surface area contributed by atoms with E-state index in [1.54, 1.807) is 12.3 Å². The van der Waals surface area contributed by atoms with Gasteiger partial charge in [-0.1, -0.05) is 0 Å². The summed E-state index contributed by atoms with van der Waals surface area (Å²) in [7, 11) is 0. The van der Waals surface area contributed by atoms with Gasteiger partial charge in [0, 0.05) is 23.3 Å². The van der Waals surface area contributed by atoms with Crippen molar-refractivity contribution in [1.82, 2.24) is 0 Å². The number of hydrogen-bond donors (Lipinski definition) is 0. The minimum absolute atomic E-state index is 0.00277. The molecule has 0 spiro atoms. The highest BCUT2D eigenvalue weighted by Crippen LogP contribution is 2.30. The summed E-state index contributed by atoms with van der Waals surface area (Å²) < 4.78 is 10.6. The third-order valence-corrected chi connectivity index (χ3v) is 2.48. The van der Waals surface area contributed by atoms with Crippen molar-refractivity contribution in [3.8, 4) is 0 Å². The number of fused-ring (bicyclic) bond motifs is 2. The highest BCUT2D eigenvalue weighted by Gasteiger charge is 2.28. The van der Waals surface area contributed by atoms with Gasteiger partial charge in [-0.15, -0.1) is 0 Å². The topological polar surface area (TPSA) is 35.5 Å². The van der Waals surface area contributed by atoms with Crippen molar-refractivity contribution >= 4 is 5.78 Å². The summed E-state index contributed by atoms with van der Waals surface area (Å²) in [6, 6.07) is 0. The van der Waals surface area contributed by atoms with E-state index in [9.17, 15) is 4.79 Å². The SMILES string of the molecule is O=C1C=COC2C=C3OC=CC=C3C=C12. The Balaban J connectivity index is 2.08. The maximum atomic E-state index is 11.6. The third-order valence-electron chi connectivity index (χ3n) is 2.48. The molecular weight excluding hydrogens is 192 g/mol. The smallest absolute Gasteiger partial charge is 0.188 e. The third kappa shape index (κ3) is 1.24. The number of hydrogen-bond acceptors (Lipinski definition) is 3. The molecule has 0 aromatic rings. The summed E-state index contributed by atoms with van der Waals surface area (Å²) in [6.45, 7) is 0. The van der Waals surface area contributed by atoms with E-state index in [2.05, 4.69) is 0 Å². The highest BCUT2D eigenvalue weighted by molar-refractivity contribution is 6.06. The van der Waals surface area contributed by atoms with E-state index in [1.807, 2.05) is 18.2 Å². The van der Waals surface area contributed by atoms with Gasteiger partial charge in [-0.3, -0.25) is 4.79 Å². The van der Waals surface area contributed by atoms with Crippen LogP contribution in [0.25, 0.3) is 0 Å². The van der Waals surface area contributed by atoms with Gasteiger partial charge in [0.2, 0.25) is 0 Å². The monoisotopic (exact) mass is 200 g/mol. The highest BCUT2D eigenvalue weighted by atomic mass is 16.5. The Morgan fingerprint density at radius 3 is 3.13 bits per heavy atom. The van der Waals surface area contributed by atoms with Gasteiger partial charge in [0.05, 0.1) is 12.5 Å². The van der Waals surface area contributed by atoms with Crippen molar-refractivity contribution in [2.45, 2.75) is 6.10 Å². The van der Waals surface area contributed by atoms with E-state index < -0.39 is 0 Å². The second kappa shape index (κ2) is 2.98. The normalized spacial score (nSPS) is 26.5. The molecule has 0 bridgehead atoms. The first kappa shape index (κ1) is 8.29. The first-order chi connectivity index (χ1) is 7.34. The lowest BCUT2D eigenvalue weighted by Crippen LogP contribution is -2.24. The summed E-state index contributed by atoms with van der Waals surface area (Å²) in [5.41, 5.74) is 1.57. The number of carbonyl (C=O) groups is 1. The van der Waals surface area contributed by atoms with Crippen molar-refractivity contribution < 1.29 is 14.3 Å². The molecule has 2 aliphatic heterocycles. The fourth-order valence-corrected chi connectivity index (χ4v) is 1.74. The Morgan fingerprint density at radius 1 is 1.27 bits per heavy atom. The van der Waals surface area contributed by atoms with Crippen LogP contribution in [0.1, 0.15) is 0 Å². The number of rotatable bonds is 0. The van der Waals surface area contributed by atoms with Crippen LogP contribution in [0, 0.1) is 0 Å². The number of ether oxygens (including phenoxy) is 2. The maximum absolute atomic E-state index is 11.6. The van der Waals surface area contributed by atoms with Gasteiger partial charge >= 0.3 is 0 Å². The average molecular weight is 200 g/mol. The molecule has 0 amide bonds. The quantitative estimate of drug-likeness (QED) is 0.597. The van der Waals surface area contributed by atoms with Crippen LogP contribution in [-0.4, -0.2) is 11.9 Å². The summed E-state index contributed by atoms with van der Waals surface area (Å²) in [5, 5.41) is 0. The molecule has 0 fully saturated rings. The molecule has 1 unspecified atom stereocenters. The van der Waals surface area contributed by atoms with E-state index in [0.29, 0.717) is 5.57 Å². The molecule has 2 heterocycles. The van der Waals surface area contributed by atoms with Gasteiger partial charge in [0.1, 0.15) is 11.9 Å². The Kier molecular flexibility index (Phi) is 1.65. The van der Waals surface area contributed by atoms with Gasteiger partial charge in [-0.25, -0.2) is 0 Å². The van der Waals surface area contributed by atoms with Gasteiger partial charge < -0.3 is 9.47 Å². The van der Waals surface area contributed by atoms with E-state index >= 15 is 0 Å². The van der Waals surface area contributed by atoms with Crippen LogP contribution in [0.5, 0.6) is 0 Å². The molecule has 3 rings (SSSR count). The van der Waals surface area contributed by atoms with Crippen molar-refractivity contribution in [3.63, 3.8) is 0 Å². The van der Waals surface area contributed by atoms with E-state index in [1.165, 1.54) is 12.3 Å². The van der Waals surface area contributed by atoms with Crippen LogP contribution in [0.3, 0.4) is 0 Å². The van der Waals surface area contributed by atoms with Gasteiger partial charge in [0.25, 0.3) is 0 Å². The Hall–Kier alpha value is -2.03. The second-order valence-corrected chi connectivity index (χ2v) is 3.42. The maximum Gasteiger partial charge on any atom is 0.188 e. The molecule has 0 aromatic heterocycles. The summed E-state index contributed by atoms with van der Waals surface area (Å²) in [4.78, 5) is 11.6. The predicted molar refractivity (Wildman–Crippen MR) is 53.5 cm³/mol. The minimum atomic E-state index is -0.304. The van der Waals surface area contributed by atoms with Crippen LogP contribution in [0.15, 0.2) is 59.8 Å². The fourth-order valence-electron chi connectivity index (χ4n) is 1.74. The van der Waals surface area contributed by atoms with Gasteiger partial charge in [-0.2, -0.15) is 0 Å². The lowest BCUT2D eigenvalue weighted by Gasteiger charge is -2.25. The standard InChI is InChI=1S/C12H8O3/c13-10-3-5-15-12-7-11-8(6-9(10)12)2-1-4-14-11/h1-7,12H. The molecule has 1 atom stereocenters. The minimum Gasteiger partial charge on any atom is -0.489 e. The molecular formula is C12H8O3. The van der Waals surface area contributed by atoms with Crippen LogP contribution < -0.4 is 0 Å². The zero-order chi connectivity index (χ0) is 10.3. The molecule has 3 aliphatic rings. The fraction of sp³-hybridized carbons (Fsp3) is 0.0833. The zero-order valence-electron chi connectivity index (χ0n) is 7.84. The van der Waals surface area contributed by atoms with Crippen LogP contribution >= 0.6 is 0 Å². The number of allylic oxidation sites excluding steroid dienone is 4. The lowest BCUT2D eigenvalue weighted by atomic mass is 9.93. The van der Waals surface area contributed by atoms with Crippen LogP contribution in [-0.2, 0) is 14.3 Å². The first-order valence-electron chi connectivity index (χ1n) is 4.68. The molecule has 0 saturated heterocycles. The first-order valence-corrected chi connectivity index (χ1v) is 4.68. The Morgan fingerprint density at radius 2 is 2.20 bits per heavy atom. The molecule has 1 aliphatic carbocycles. The van der Waals surface area contributed by atoms with Gasteiger partial charge in [0.15, 0.2) is 5.78 Å². The number of ketones is 1. The summed E-state index contributed by atoms with van der Waals surface area (Å²) in [6.07, 6.45) is 11.5. The van der Waals surface area contributed by atoms with Crippen molar-refractivity contribution in [1.29, 1.82) is 0 Å². The molecule has 3 heteroatoms. The largest absolute Gasteiger partial charge is 0.489 e. The molecule has 0 radical (unpaired) electrons. The van der Waals surface area contributed by atoms with Crippen molar-refractivity contribution in [3.05, 3.63) is 59.8 Å². The Labute approximate surface area is 86.7 Å². The van der Waals surface area contributed by atoms with Crippen molar-refractivity contribution in [2.24, 2.45) is 0 Å². The number of carbonyl (C=O) groups excluding carboxylic acids is 1. The average Bonchev–Trinajstić information content (AvgIpc) is 2.27. The Bertz CT molecular complexity index is 475. The van der Waals surface area contributed by atoms with Gasteiger partial charge in [-0.05, 0) is 18.2 Å². The molecule has 74 valence electrons. The van der Waals surface area contributed by atoms with Crippen molar-refractivity contribution in [2.75, 3.05) is 0 Å². The van der Waals surface area contributed by atoms with Crippen LogP contribution in [0.2, 0.25) is 0 Å².